The lowest BCUT2D eigenvalue weighted by Gasteiger charge is -2.58. The Balaban J connectivity index is 0.00000155. The third-order valence-electron chi connectivity index (χ3n) is 7.16. The lowest BCUT2D eigenvalue weighted by atomic mass is 9.46. The van der Waals surface area contributed by atoms with Gasteiger partial charge in [0.15, 0.2) is 5.78 Å². The number of nitrogens with one attached hydrogen (secondary N) is 1. The summed E-state index contributed by atoms with van der Waals surface area (Å²) in [6.45, 7) is 14.4. The van der Waals surface area contributed by atoms with Crippen LogP contribution in [-0.2, 0) is 9.53 Å². The van der Waals surface area contributed by atoms with Gasteiger partial charge in [0.25, 0.3) is 0 Å². The number of amides is 1. The van der Waals surface area contributed by atoms with Gasteiger partial charge in [0.05, 0.1) is 6.26 Å². The van der Waals surface area contributed by atoms with Gasteiger partial charge in [-0.3, -0.25) is 4.79 Å². The standard InChI is InChI=1S/C23H35NO4.C2H6/c1-15-17-9-11-23(14-24-20(27)28-21(2,3)4)10-7-6-8-18(23)22(17,5)12-16(13-25)19(15)26;1-2/h8,13,15,17,25H,6-7,9-12,14H2,1-5H3,(H,24,27);1-2H3/b16-13-;/t15?,17?,22-,23?;/m0./s1. The number of rotatable bonds is 2. The highest BCUT2D eigenvalue weighted by Gasteiger charge is 2.57. The molecule has 0 radical (unpaired) electrons. The number of carbonyl (C=O) groups is 2. The van der Waals surface area contributed by atoms with E-state index in [1.807, 2.05) is 41.5 Å². The van der Waals surface area contributed by atoms with Crippen LogP contribution in [0.4, 0.5) is 4.79 Å². The van der Waals surface area contributed by atoms with Crippen molar-refractivity contribution in [3.05, 3.63) is 23.5 Å². The highest BCUT2D eigenvalue weighted by Crippen LogP contribution is 2.63. The van der Waals surface area contributed by atoms with Crippen LogP contribution >= 0.6 is 0 Å². The Morgan fingerprint density at radius 2 is 2.00 bits per heavy atom. The molecular formula is C25H41NO4. The van der Waals surface area contributed by atoms with Gasteiger partial charge in [-0.25, -0.2) is 4.79 Å². The topological polar surface area (TPSA) is 75.6 Å². The third kappa shape index (κ3) is 4.60. The zero-order valence-electron chi connectivity index (χ0n) is 19.9. The van der Waals surface area contributed by atoms with Crippen molar-refractivity contribution in [1.82, 2.24) is 5.32 Å². The van der Waals surface area contributed by atoms with Gasteiger partial charge in [0.1, 0.15) is 5.60 Å². The molecule has 3 rings (SSSR count). The fourth-order valence-electron chi connectivity index (χ4n) is 6.01. The highest BCUT2D eigenvalue weighted by molar-refractivity contribution is 5.98. The van der Waals surface area contributed by atoms with E-state index in [1.165, 1.54) is 5.57 Å². The second-order valence-corrected chi connectivity index (χ2v) is 10.2. The summed E-state index contributed by atoms with van der Waals surface area (Å²) in [6.07, 6.45) is 8.70. The molecule has 2 saturated carbocycles. The fourth-order valence-corrected chi connectivity index (χ4v) is 6.01. The Labute approximate surface area is 182 Å². The van der Waals surface area contributed by atoms with E-state index < -0.39 is 5.60 Å². The summed E-state index contributed by atoms with van der Waals surface area (Å²) in [5, 5.41) is 12.7. The summed E-state index contributed by atoms with van der Waals surface area (Å²) in [7, 11) is 0. The molecule has 3 aliphatic rings. The summed E-state index contributed by atoms with van der Waals surface area (Å²) in [5.74, 6) is 0.278. The second-order valence-electron chi connectivity index (χ2n) is 10.2. The zero-order chi connectivity index (χ0) is 22.7. The molecule has 0 heterocycles. The predicted molar refractivity (Wildman–Crippen MR) is 120 cm³/mol. The summed E-state index contributed by atoms with van der Waals surface area (Å²) >= 11 is 0. The van der Waals surface area contributed by atoms with E-state index in [0.29, 0.717) is 18.5 Å². The molecule has 0 saturated heterocycles. The minimum atomic E-state index is -0.517. The van der Waals surface area contributed by atoms with Crippen LogP contribution in [0.2, 0.25) is 0 Å². The molecule has 0 aromatic rings. The largest absolute Gasteiger partial charge is 0.515 e. The molecular weight excluding hydrogens is 378 g/mol. The first-order valence-electron chi connectivity index (χ1n) is 11.6. The van der Waals surface area contributed by atoms with Crippen LogP contribution in [0.25, 0.3) is 0 Å². The van der Waals surface area contributed by atoms with Crippen molar-refractivity contribution in [2.24, 2.45) is 22.7 Å². The average molecular weight is 420 g/mol. The van der Waals surface area contributed by atoms with Crippen LogP contribution in [0.15, 0.2) is 23.5 Å². The van der Waals surface area contributed by atoms with Gasteiger partial charge in [-0.1, -0.05) is 39.3 Å². The van der Waals surface area contributed by atoms with E-state index >= 15 is 0 Å². The van der Waals surface area contributed by atoms with E-state index in [9.17, 15) is 14.7 Å². The number of aliphatic hydroxyl groups excluding tert-OH is 1. The monoisotopic (exact) mass is 419 g/mol. The van der Waals surface area contributed by atoms with Crippen LogP contribution in [-0.4, -0.2) is 29.1 Å². The van der Waals surface area contributed by atoms with E-state index in [4.69, 9.17) is 4.74 Å². The SMILES string of the molecule is CC.CC1C(=O)/C(=C\O)C[C@]2(C)C3=CCCCC3(CNC(=O)OC(C)(C)C)CCC12. The van der Waals surface area contributed by atoms with E-state index in [-0.39, 0.29) is 34.5 Å². The van der Waals surface area contributed by atoms with Crippen LogP contribution in [0, 0.1) is 22.7 Å². The predicted octanol–water partition coefficient (Wildman–Crippen LogP) is 6.10. The highest BCUT2D eigenvalue weighted by atomic mass is 16.6. The molecule has 2 N–H and O–H groups in total. The number of Topliss-reactive ketones (excluding diaryl/α,β-unsaturated/α-hetero) is 1. The number of hydrogen-bond acceptors (Lipinski definition) is 4. The van der Waals surface area contributed by atoms with Crippen molar-refractivity contribution in [3.63, 3.8) is 0 Å². The molecule has 0 aliphatic heterocycles. The van der Waals surface area contributed by atoms with E-state index in [1.54, 1.807) is 0 Å². The van der Waals surface area contributed by atoms with Crippen molar-refractivity contribution in [2.75, 3.05) is 6.54 Å². The van der Waals surface area contributed by atoms with Crippen molar-refractivity contribution in [1.29, 1.82) is 0 Å². The fraction of sp³-hybridized carbons (Fsp3) is 0.760. The van der Waals surface area contributed by atoms with E-state index in [2.05, 4.69) is 18.3 Å². The summed E-state index contributed by atoms with van der Waals surface area (Å²) < 4.78 is 5.45. The van der Waals surface area contributed by atoms with Crippen LogP contribution in [0.5, 0.6) is 0 Å². The molecule has 4 atom stereocenters. The molecule has 0 aromatic heterocycles. The molecule has 5 heteroatoms. The minimum absolute atomic E-state index is 0.0823. The first kappa shape index (κ1) is 24.5. The molecule has 0 aromatic carbocycles. The molecule has 170 valence electrons. The Kier molecular flexibility index (Phi) is 7.47. The van der Waals surface area contributed by atoms with Crippen molar-refractivity contribution < 1.29 is 19.4 Å². The number of fused-ring (bicyclic) bond motifs is 3. The van der Waals surface area contributed by atoms with Crippen molar-refractivity contribution in [3.8, 4) is 0 Å². The number of allylic oxidation sites excluding steroid dienone is 2. The Bertz CT molecular complexity index is 717. The third-order valence-corrected chi connectivity index (χ3v) is 7.16. The smallest absolute Gasteiger partial charge is 0.407 e. The molecule has 0 bridgehead atoms. The van der Waals surface area contributed by atoms with Gasteiger partial charge in [0, 0.05) is 23.5 Å². The van der Waals surface area contributed by atoms with Crippen LogP contribution < -0.4 is 5.32 Å². The molecule has 1 amide bonds. The number of alkyl carbamates (subject to hydrolysis) is 1. The minimum Gasteiger partial charge on any atom is -0.515 e. The zero-order valence-corrected chi connectivity index (χ0v) is 19.9. The summed E-state index contributed by atoms with van der Waals surface area (Å²) in [6, 6.07) is 0. The Morgan fingerprint density at radius 3 is 2.60 bits per heavy atom. The van der Waals surface area contributed by atoms with E-state index in [0.717, 1.165) is 38.4 Å². The maximum absolute atomic E-state index is 12.6. The maximum atomic E-state index is 12.6. The van der Waals surface area contributed by atoms with Gasteiger partial charge >= 0.3 is 6.09 Å². The quantitative estimate of drug-likeness (QED) is 0.322. The lowest BCUT2D eigenvalue weighted by molar-refractivity contribution is -0.126. The number of carbonyl (C=O) groups excluding carboxylic acids is 2. The van der Waals surface area contributed by atoms with Crippen molar-refractivity contribution >= 4 is 11.9 Å². The first-order chi connectivity index (χ1) is 14.0. The lowest BCUT2D eigenvalue weighted by Crippen LogP contribution is -2.54. The number of hydrogen-bond donors (Lipinski definition) is 2. The number of ether oxygens (including phenoxy) is 1. The van der Waals surface area contributed by atoms with Gasteiger partial charge in [-0.15, -0.1) is 0 Å². The molecule has 2 fully saturated rings. The summed E-state index contributed by atoms with van der Waals surface area (Å²) in [5.41, 5.74) is 1.15. The molecule has 3 aliphatic carbocycles. The second kappa shape index (κ2) is 9.15. The average Bonchev–Trinajstić information content (AvgIpc) is 2.69. The van der Waals surface area contributed by atoms with Gasteiger partial charge < -0.3 is 15.2 Å². The van der Waals surface area contributed by atoms with Gasteiger partial charge in [0.2, 0.25) is 0 Å². The molecule has 0 spiro atoms. The van der Waals surface area contributed by atoms with Crippen molar-refractivity contribution in [2.45, 2.75) is 92.6 Å². The maximum Gasteiger partial charge on any atom is 0.407 e. The van der Waals surface area contributed by atoms with Crippen LogP contribution in [0.3, 0.4) is 0 Å². The molecule has 30 heavy (non-hydrogen) atoms. The Morgan fingerprint density at radius 1 is 1.33 bits per heavy atom. The first-order valence-corrected chi connectivity index (χ1v) is 11.6. The Hall–Kier alpha value is -1.78. The van der Waals surface area contributed by atoms with Gasteiger partial charge in [-0.2, -0.15) is 0 Å². The van der Waals surface area contributed by atoms with Gasteiger partial charge in [-0.05, 0) is 70.6 Å². The van der Waals surface area contributed by atoms with Crippen LogP contribution in [0.1, 0.15) is 87.0 Å². The normalized spacial score (nSPS) is 34.7. The number of aliphatic hydroxyl groups is 1. The molecule has 3 unspecified atom stereocenters. The number of ketones is 1. The summed E-state index contributed by atoms with van der Waals surface area (Å²) in [4.78, 5) is 24.9. The molecule has 5 nitrogen and oxygen atoms in total.